The van der Waals surface area contributed by atoms with E-state index < -0.39 is 8.07 Å². The largest absolute Gasteiger partial charge is 0.143 e. The summed E-state index contributed by atoms with van der Waals surface area (Å²) in [5.41, 5.74) is 29.5. The van der Waals surface area contributed by atoms with Crippen molar-refractivity contribution in [1.82, 2.24) is 0 Å². The Morgan fingerprint density at radius 1 is 0.707 bits per heavy atom. The van der Waals surface area contributed by atoms with Gasteiger partial charge in [0.15, 0.2) is 0 Å². The summed E-state index contributed by atoms with van der Waals surface area (Å²) in [5, 5.41) is 0. The van der Waals surface area contributed by atoms with Gasteiger partial charge in [-0.3, -0.25) is 0 Å². The molecule has 0 nitrogen and oxygen atoms in total. The van der Waals surface area contributed by atoms with E-state index in [-0.39, 0.29) is 0 Å². The third-order valence-corrected chi connectivity index (χ3v) is 14.9. The summed E-state index contributed by atoms with van der Waals surface area (Å²) < 4.78 is 4.03. The standard InChI is InChI=1S/C36H40Br2S2Si/c1-7-9-11-13-15-17-19-21-23-25-27-30-29(3)39-34(32(30)37)35-33(38)31(36(40-35)41(4,5)6)28-26-24-22-20-18-16-14-12-10-8-2/h27H,1,8,10,12,14,16,18,20,22,24,26,28H2,2-6H3. The first-order chi connectivity index (χ1) is 19.7. The third-order valence-electron chi connectivity index (χ3n) is 6.50. The fraction of sp³-hybridized carbons (Fsp3) is 0.444. The van der Waals surface area contributed by atoms with E-state index in [1.807, 2.05) is 28.7 Å². The number of hydrogen-bond acceptors (Lipinski definition) is 2. The van der Waals surface area contributed by atoms with Crippen LogP contribution >= 0.6 is 54.5 Å². The lowest BCUT2D eigenvalue weighted by molar-refractivity contribution is 0.556. The Kier molecular flexibility index (Phi) is 16.7. The van der Waals surface area contributed by atoms with Gasteiger partial charge in [0.1, 0.15) is 0 Å². The van der Waals surface area contributed by atoms with Crippen molar-refractivity contribution in [1.29, 1.82) is 0 Å². The molecule has 0 saturated carbocycles. The van der Waals surface area contributed by atoms with Gasteiger partial charge in [-0.15, -0.1) is 22.7 Å². The van der Waals surface area contributed by atoms with Gasteiger partial charge in [-0.2, -0.15) is 0 Å². The molecule has 0 aliphatic rings. The van der Waals surface area contributed by atoms with Crippen LogP contribution in [0.3, 0.4) is 0 Å². The number of hydrogen-bond donors (Lipinski definition) is 0. The van der Waals surface area contributed by atoms with Crippen LogP contribution in [0.15, 0.2) is 72.8 Å². The molecule has 2 heterocycles. The Balaban J connectivity index is 2.24. The highest BCUT2D eigenvalue weighted by molar-refractivity contribution is 9.11. The predicted molar refractivity (Wildman–Crippen MR) is 192 cm³/mol. The maximum absolute atomic E-state index is 4.06. The van der Waals surface area contributed by atoms with Crippen LogP contribution in [-0.4, -0.2) is 8.07 Å². The zero-order valence-corrected chi connectivity index (χ0v) is 30.9. The summed E-state index contributed by atoms with van der Waals surface area (Å²) in [6.07, 6.45) is 16.8. The van der Waals surface area contributed by atoms with Gasteiger partial charge in [-0.05, 0) is 120 Å². The van der Waals surface area contributed by atoms with Crippen molar-refractivity contribution in [3.63, 3.8) is 0 Å². The summed E-state index contributed by atoms with van der Waals surface area (Å²) in [5.74, 6) is 0. The summed E-state index contributed by atoms with van der Waals surface area (Å²) in [6, 6.07) is 0. The molecular weight excluding hydrogens is 684 g/mol. The minimum atomic E-state index is -1.49. The van der Waals surface area contributed by atoms with E-state index in [0.717, 1.165) is 16.5 Å². The van der Waals surface area contributed by atoms with E-state index in [1.54, 1.807) is 10.1 Å². The molecule has 0 fully saturated rings. The van der Waals surface area contributed by atoms with E-state index >= 15 is 0 Å². The predicted octanol–water partition coefficient (Wildman–Crippen LogP) is 12.5. The van der Waals surface area contributed by atoms with Crippen molar-refractivity contribution in [2.24, 2.45) is 0 Å². The highest BCUT2D eigenvalue weighted by Crippen LogP contribution is 2.47. The Morgan fingerprint density at radius 3 is 1.78 bits per heavy atom. The van der Waals surface area contributed by atoms with Gasteiger partial charge < -0.3 is 0 Å². The third kappa shape index (κ3) is 12.1. The van der Waals surface area contributed by atoms with Crippen molar-refractivity contribution < 1.29 is 0 Å². The molecule has 5 heteroatoms. The zero-order chi connectivity index (χ0) is 30.1. The monoisotopic (exact) mass is 722 g/mol. The van der Waals surface area contributed by atoms with Crippen LogP contribution in [0.4, 0.5) is 0 Å². The van der Waals surface area contributed by atoms with Gasteiger partial charge in [0.25, 0.3) is 0 Å². The van der Waals surface area contributed by atoms with E-state index in [9.17, 15) is 0 Å². The number of rotatable bonds is 14. The quantitative estimate of drug-likeness (QED) is 0.103. The molecule has 214 valence electrons. The molecule has 0 N–H and O–H groups in total. The van der Waals surface area contributed by atoms with Crippen molar-refractivity contribution in [2.45, 2.75) is 104 Å². The molecule has 2 aromatic rings. The second-order valence-corrected chi connectivity index (χ2v) is 20.1. The van der Waals surface area contributed by atoms with Crippen LogP contribution in [0.1, 0.15) is 87.1 Å². The van der Waals surface area contributed by atoms with Crippen LogP contribution in [0.2, 0.25) is 19.6 Å². The molecular formula is C36H40Br2S2Si. The average Bonchev–Trinajstić information content (AvgIpc) is 3.41. The summed E-state index contributed by atoms with van der Waals surface area (Å²) in [4.78, 5) is 3.86. The number of aryl methyl sites for hydroxylation is 1. The van der Waals surface area contributed by atoms with Gasteiger partial charge in [-0.1, -0.05) is 95.8 Å². The smallest absolute Gasteiger partial charge is 0.0908 e. The van der Waals surface area contributed by atoms with Gasteiger partial charge in [0.2, 0.25) is 0 Å². The van der Waals surface area contributed by atoms with E-state index in [2.05, 4.69) is 129 Å². The molecule has 0 aliphatic carbocycles. The maximum atomic E-state index is 4.06. The van der Waals surface area contributed by atoms with Gasteiger partial charge in [0.05, 0.1) is 17.8 Å². The first kappa shape index (κ1) is 35.3. The summed E-state index contributed by atoms with van der Waals surface area (Å²) >= 11 is 11.8. The van der Waals surface area contributed by atoms with Crippen molar-refractivity contribution in [3.05, 3.63) is 88.8 Å². The van der Waals surface area contributed by atoms with Crippen LogP contribution in [-0.2, 0) is 6.42 Å². The lowest BCUT2D eigenvalue weighted by atomic mass is 10.0. The van der Waals surface area contributed by atoms with Gasteiger partial charge >= 0.3 is 0 Å². The van der Waals surface area contributed by atoms with Crippen molar-refractivity contribution in [3.8, 4) is 9.75 Å². The van der Waals surface area contributed by atoms with Crippen LogP contribution < -0.4 is 4.50 Å². The maximum Gasteiger partial charge on any atom is 0.0908 e. The molecule has 0 aromatic carbocycles. The molecule has 0 amide bonds. The Morgan fingerprint density at radius 2 is 1.22 bits per heavy atom. The lowest BCUT2D eigenvalue weighted by Crippen LogP contribution is -2.37. The van der Waals surface area contributed by atoms with E-state index in [1.165, 1.54) is 83.3 Å². The highest BCUT2D eigenvalue weighted by atomic mass is 79.9. The number of halogens is 2. The number of unbranched alkanes of at least 4 members (excludes halogenated alkanes) is 9. The number of thiophene rings is 2. The van der Waals surface area contributed by atoms with Gasteiger partial charge in [0, 0.05) is 19.4 Å². The zero-order valence-electron chi connectivity index (χ0n) is 25.1. The van der Waals surface area contributed by atoms with Crippen LogP contribution in [0.5, 0.6) is 0 Å². The summed E-state index contributed by atoms with van der Waals surface area (Å²) in [6.45, 7) is 15.2. The molecule has 0 aliphatic heterocycles. The van der Waals surface area contributed by atoms with E-state index in [4.69, 9.17) is 0 Å². The first-order valence-electron chi connectivity index (χ1n) is 14.4. The van der Waals surface area contributed by atoms with Crippen LogP contribution in [0, 0.1) is 6.92 Å². The molecule has 2 aromatic heterocycles. The van der Waals surface area contributed by atoms with Crippen molar-refractivity contribution in [2.75, 3.05) is 0 Å². The minimum absolute atomic E-state index is 1.11. The van der Waals surface area contributed by atoms with E-state index in [0.29, 0.717) is 0 Å². The fourth-order valence-corrected chi connectivity index (χ4v) is 11.7. The molecule has 0 radical (unpaired) electrons. The fourth-order valence-electron chi connectivity index (χ4n) is 4.43. The topological polar surface area (TPSA) is 0 Å². The second-order valence-electron chi connectivity index (χ2n) is 10.9. The lowest BCUT2D eigenvalue weighted by Gasteiger charge is -2.17. The van der Waals surface area contributed by atoms with Crippen LogP contribution in [0.25, 0.3) is 15.8 Å². The Bertz CT molecular complexity index is 1560. The molecule has 2 rings (SSSR count). The molecule has 0 atom stereocenters. The second kappa shape index (κ2) is 19.3. The minimum Gasteiger partial charge on any atom is -0.143 e. The molecule has 0 unspecified atom stereocenters. The highest BCUT2D eigenvalue weighted by Gasteiger charge is 2.28. The van der Waals surface area contributed by atoms with Crippen molar-refractivity contribution >= 4 is 73.2 Å². The SMILES string of the molecule is C=C=C=C=C=C=C=C=C=C=C=Cc1c(C)sc(-c2sc([Si](C)(C)C)c(CCCCCCCCCCCC)c2Br)c1Br. The molecule has 0 bridgehead atoms. The first-order valence-corrected chi connectivity index (χ1v) is 21.2. The molecule has 0 saturated heterocycles. The normalized spacial score (nSPS) is 10.0. The Hall–Kier alpha value is -1.88. The Labute approximate surface area is 274 Å². The van der Waals surface area contributed by atoms with Gasteiger partial charge in [-0.25, -0.2) is 0 Å². The molecule has 0 spiro atoms. The summed E-state index contributed by atoms with van der Waals surface area (Å²) in [7, 11) is -1.49. The molecule has 41 heavy (non-hydrogen) atoms. The average molecular weight is 725 g/mol.